The highest BCUT2D eigenvalue weighted by atomic mass is 19.4. The number of carbonyl (C=O) groups is 1. The minimum Gasteiger partial charge on any atom is -0.336 e. The van der Waals surface area contributed by atoms with Crippen molar-refractivity contribution in [2.75, 3.05) is 7.05 Å². The molecule has 2 rings (SSSR count). The van der Waals surface area contributed by atoms with E-state index >= 15 is 0 Å². The first-order valence-electron chi connectivity index (χ1n) is 6.04. The molecule has 0 saturated carbocycles. The van der Waals surface area contributed by atoms with Crippen molar-refractivity contribution >= 4 is 5.91 Å². The number of alkyl halides is 3. The van der Waals surface area contributed by atoms with Gasteiger partial charge in [-0.1, -0.05) is 0 Å². The summed E-state index contributed by atoms with van der Waals surface area (Å²) in [6, 6.07) is 4.32. The molecular weight excluding hydrogens is 299 g/mol. The maximum Gasteiger partial charge on any atom is 0.417 e. The van der Waals surface area contributed by atoms with Crippen LogP contribution >= 0.6 is 0 Å². The molecule has 0 bridgehead atoms. The van der Waals surface area contributed by atoms with Crippen LogP contribution in [0.25, 0.3) is 0 Å². The fourth-order valence-electron chi connectivity index (χ4n) is 1.85. The van der Waals surface area contributed by atoms with Crippen LogP contribution in [-0.4, -0.2) is 33.3 Å². The Labute approximate surface area is 123 Å². The van der Waals surface area contributed by atoms with E-state index in [2.05, 4.69) is 15.4 Å². The molecule has 0 radical (unpaired) electrons. The zero-order valence-corrected chi connectivity index (χ0v) is 11.3. The molecule has 1 aromatic carbocycles. The van der Waals surface area contributed by atoms with Crippen molar-refractivity contribution in [3.8, 4) is 6.07 Å². The maximum absolute atomic E-state index is 12.9. The van der Waals surface area contributed by atoms with Crippen molar-refractivity contribution < 1.29 is 18.0 Å². The summed E-state index contributed by atoms with van der Waals surface area (Å²) in [6.45, 7) is 0.0939. The molecule has 0 saturated heterocycles. The largest absolute Gasteiger partial charge is 0.417 e. The molecule has 1 heterocycles. The molecule has 0 unspecified atom stereocenters. The fourth-order valence-corrected chi connectivity index (χ4v) is 1.85. The molecule has 1 aromatic heterocycles. The molecule has 22 heavy (non-hydrogen) atoms. The van der Waals surface area contributed by atoms with Crippen molar-refractivity contribution in [1.82, 2.24) is 20.3 Å². The minimum absolute atomic E-state index is 0.0939. The summed E-state index contributed by atoms with van der Waals surface area (Å²) in [5, 5.41) is 18.4. The molecule has 2 aromatic rings. The fraction of sp³-hybridized carbons (Fsp3) is 0.231. The molecule has 1 amide bonds. The van der Waals surface area contributed by atoms with E-state index in [1.165, 1.54) is 30.3 Å². The molecule has 0 aliphatic heterocycles. The SMILES string of the molecule is CN(Cc1cn[nH]n1)C(=O)c1ccc(C#N)c(C(F)(F)F)c1. The zero-order chi connectivity index (χ0) is 16.3. The number of hydrogen-bond acceptors (Lipinski definition) is 4. The van der Waals surface area contributed by atoms with E-state index in [4.69, 9.17) is 5.26 Å². The summed E-state index contributed by atoms with van der Waals surface area (Å²) in [5.41, 5.74) is -1.34. The Bertz CT molecular complexity index is 718. The lowest BCUT2D eigenvalue weighted by molar-refractivity contribution is -0.137. The number of nitriles is 1. The highest BCUT2D eigenvalue weighted by molar-refractivity contribution is 5.94. The van der Waals surface area contributed by atoms with Crippen LogP contribution in [0.5, 0.6) is 0 Å². The number of hydrogen-bond donors (Lipinski definition) is 1. The van der Waals surface area contributed by atoms with Gasteiger partial charge in [0.25, 0.3) is 5.91 Å². The van der Waals surface area contributed by atoms with Gasteiger partial charge >= 0.3 is 6.18 Å². The Morgan fingerprint density at radius 2 is 2.18 bits per heavy atom. The van der Waals surface area contributed by atoms with Crippen molar-refractivity contribution in [3.63, 3.8) is 0 Å². The summed E-state index contributed by atoms with van der Waals surface area (Å²) < 4.78 is 38.7. The normalized spacial score (nSPS) is 11.0. The predicted molar refractivity (Wildman–Crippen MR) is 68.3 cm³/mol. The Kier molecular flexibility index (Phi) is 4.12. The van der Waals surface area contributed by atoms with Crippen LogP contribution in [-0.2, 0) is 12.7 Å². The number of aromatic amines is 1. The van der Waals surface area contributed by atoms with Crippen LogP contribution < -0.4 is 0 Å². The number of halogens is 3. The third-order valence-electron chi connectivity index (χ3n) is 2.90. The van der Waals surface area contributed by atoms with Crippen LogP contribution in [0.3, 0.4) is 0 Å². The Balaban J connectivity index is 2.28. The van der Waals surface area contributed by atoms with Gasteiger partial charge in [-0.15, -0.1) is 0 Å². The number of amides is 1. The molecule has 0 aliphatic rings. The first-order valence-corrected chi connectivity index (χ1v) is 6.04. The average Bonchev–Trinajstić information content (AvgIpc) is 2.97. The van der Waals surface area contributed by atoms with Gasteiger partial charge in [0.2, 0.25) is 0 Å². The van der Waals surface area contributed by atoms with Crippen LogP contribution in [0.1, 0.15) is 27.2 Å². The lowest BCUT2D eigenvalue weighted by Gasteiger charge is -2.17. The van der Waals surface area contributed by atoms with Gasteiger partial charge in [-0.3, -0.25) is 4.79 Å². The number of carbonyl (C=O) groups excluding carboxylic acids is 1. The second kappa shape index (κ2) is 5.85. The van der Waals surface area contributed by atoms with Gasteiger partial charge < -0.3 is 4.90 Å². The number of H-pyrrole nitrogens is 1. The molecule has 0 aliphatic carbocycles. The van der Waals surface area contributed by atoms with E-state index < -0.39 is 23.2 Å². The summed E-state index contributed by atoms with van der Waals surface area (Å²) in [5.74, 6) is -0.613. The van der Waals surface area contributed by atoms with Gasteiger partial charge in [0, 0.05) is 12.6 Å². The third-order valence-corrected chi connectivity index (χ3v) is 2.90. The second-order valence-electron chi connectivity index (χ2n) is 4.49. The monoisotopic (exact) mass is 309 g/mol. The summed E-state index contributed by atoms with van der Waals surface area (Å²) in [7, 11) is 1.43. The summed E-state index contributed by atoms with van der Waals surface area (Å²) >= 11 is 0. The molecule has 114 valence electrons. The molecule has 0 spiro atoms. The van der Waals surface area contributed by atoms with E-state index in [9.17, 15) is 18.0 Å². The van der Waals surface area contributed by atoms with E-state index in [0.29, 0.717) is 11.8 Å². The first-order chi connectivity index (χ1) is 10.3. The predicted octanol–water partition coefficient (Wildman–Crippen LogP) is 1.97. The quantitative estimate of drug-likeness (QED) is 0.939. The minimum atomic E-state index is -4.70. The molecule has 0 atom stereocenters. The standard InChI is InChI=1S/C13H10F3N5O/c1-21(7-10-6-18-20-19-10)12(22)8-2-3-9(5-17)11(4-8)13(14,15)16/h2-4,6H,7H2,1H3,(H,18,19,20). The molecule has 0 fully saturated rings. The van der Waals surface area contributed by atoms with Crippen LogP contribution in [0.2, 0.25) is 0 Å². The second-order valence-corrected chi connectivity index (χ2v) is 4.49. The molecular formula is C13H10F3N5O. The number of nitrogens with one attached hydrogen (secondary N) is 1. The Morgan fingerprint density at radius 1 is 1.45 bits per heavy atom. The van der Waals surface area contributed by atoms with Crippen molar-refractivity contribution in [2.24, 2.45) is 0 Å². The molecule has 1 N–H and O–H groups in total. The zero-order valence-electron chi connectivity index (χ0n) is 11.3. The van der Waals surface area contributed by atoms with E-state index in [0.717, 1.165) is 6.07 Å². The number of benzene rings is 1. The van der Waals surface area contributed by atoms with Crippen LogP contribution in [0.15, 0.2) is 24.4 Å². The topological polar surface area (TPSA) is 85.7 Å². The van der Waals surface area contributed by atoms with Gasteiger partial charge in [-0.25, -0.2) is 0 Å². The highest BCUT2D eigenvalue weighted by Gasteiger charge is 2.34. The van der Waals surface area contributed by atoms with Crippen LogP contribution in [0.4, 0.5) is 13.2 Å². The number of aromatic nitrogens is 3. The van der Waals surface area contributed by atoms with Gasteiger partial charge in [-0.2, -0.15) is 33.8 Å². The first kappa shape index (κ1) is 15.5. The van der Waals surface area contributed by atoms with E-state index in [1.54, 1.807) is 0 Å². The van der Waals surface area contributed by atoms with Crippen LogP contribution in [0, 0.1) is 11.3 Å². The lowest BCUT2D eigenvalue weighted by Crippen LogP contribution is -2.26. The summed E-state index contributed by atoms with van der Waals surface area (Å²) in [6.07, 6.45) is -3.30. The number of rotatable bonds is 3. The Morgan fingerprint density at radius 3 is 2.73 bits per heavy atom. The average molecular weight is 309 g/mol. The smallest absolute Gasteiger partial charge is 0.336 e. The van der Waals surface area contributed by atoms with Gasteiger partial charge in [-0.05, 0) is 18.2 Å². The van der Waals surface area contributed by atoms with E-state index in [-0.39, 0.29) is 12.1 Å². The summed E-state index contributed by atoms with van der Waals surface area (Å²) in [4.78, 5) is 13.4. The highest BCUT2D eigenvalue weighted by Crippen LogP contribution is 2.32. The molecule has 6 nitrogen and oxygen atoms in total. The molecule has 9 heteroatoms. The van der Waals surface area contributed by atoms with Crippen molar-refractivity contribution in [1.29, 1.82) is 5.26 Å². The maximum atomic E-state index is 12.9. The third kappa shape index (κ3) is 3.22. The van der Waals surface area contributed by atoms with Gasteiger partial charge in [0.1, 0.15) is 5.69 Å². The Hall–Kier alpha value is -2.89. The van der Waals surface area contributed by atoms with Crippen molar-refractivity contribution in [2.45, 2.75) is 12.7 Å². The van der Waals surface area contributed by atoms with E-state index in [1.807, 2.05) is 0 Å². The van der Waals surface area contributed by atoms with Gasteiger partial charge in [0.05, 0.1) is 29.9 Å². The van der Waals surface area contributed by atoms with Crippen molar-refractivity contribution in [3.05, 3.63) is 46.8 Å². The van der Waals surface area contributed by atoms with Gasteiger partial charge in [0.15, 0.2) is 0 Å². The number of nitrogens with zero attached hydrogens (tertiary/aromatic N) is 4. The lowest BCUT2D eigenvalue weighted by atomic mass is 10.0.